The van der Waals surface area contributed by atoms with Crippen molar-refractivity contribution < 1.29 is 19.4 Å². The summed E-state index contributed by atoms with van der Waals surface area (Å²) in [4.78, 5) is 22.0. The van der Waals surface area contributed by atoms with E-state index in [0.29, 0.717) is 6.61 Å². The normalized spacial score (nSPS) is 11.2. The van der Waals surface area contributed by atoms with Crippen LogP contribution in [-0.4, -0.2) is 28.6 Å². The molecule has 0 atom stereocenters. The van der Waals surface area contributed by atoms with Gasteiger partial charge in [0, 0.05) is 18.2 Å². The topological polar surface area (TPSA) is 63.6 Å². The number of ether oxygens (including phenoxy) is 1. The number of benzene rings is 1. The maximum absolute atomic E-state index is 11.1. The number of carbonyl (C=O) groups is 2. The van der Waals surface area contributed by atoms with E-state index in [1.54, 1.807) is 30.3 Å². The van der Waals surface area contributed by atoms with Crippen molar-refractivity contribution in [3.8, 4) is 5.75 Å². The van der Waals surface area contributed by atoms with Gasteiger partial charge in [0.1, 0.15) is 5.75 Å². The second-order valence-electron chi connectivity index (χ2n) is 4.17. The Morgan fingerprint density at radius 3 is 2.45 bits per heavy atom. The molecular weight excluding hydrogens is 276 g/mol. The van der Waals surface area contributed by atoms with E-state index in [4.69, 9.17) is 9.84 Å². The molecule has 0 unspecified atom stereocenters. The van der Waals surface area contributed by atoms with Crippen molar-refractivity contribution in [2.75, 3.05) is 12.4 Å². The molecule has 0 aliphatic heterocycles. The van der Waals surface area contributed by atoms with Crippen LogP contribution in [0.3, 0.4) is 0 Å². The number of rotatable bonds is 7. The largest absolute Gasteiger partial charge is 0.494 e. The standard InChI is InChI=1S/C15H18O4S/c1-3-8-19-14-6-4-12(5-7-14)9-13(15(17)18)10-20-11(2)16/h4-7,9H,3,8,10H2,1-2H3,(H,17,18)/b13-9+. The van der Waals surface area contributed by atoms with Crippen molar-refractivity contribution in [1.82, 2.24) is 0 Å². The quantitative estimate of drug-likeness (QED) is 0.782. The maximum Gasteiger partial charge on any atom is 0.332 e. The van der Waals surface area contributed by atoms with Gasteiger partial charge in [-0.15, -0.1) is 0 Å². The Kier molecular flexibility index (Phi) is 6.87. The number of hydrogen-bond acceptors (Lipinski definition) is 4. The number of carbonyl (C=O) groups excluding carboxylic acids is 1. The van der Waals surface area contributed by atoms with Crippen molar-refractivity contribution in [2.45, 2.75) is 20.3 Å². The van der Waals surface area contributed by atoms with E-state index < -0.39 is 5.97 Å². The molecule has 0 heterocycles. The van der Waals surface area contributed by atoms with E-state index in [-0.39, 0.29) is 16.4 Å². The molecular formula is C15H18O4S. The minimum atomic E-state index is -1.01. The smallest absolute Gasteiger partial charge is 0.332 e. The van der Waals surface area contributed by atoms with Gasteiger partial charge in [-0.25, -0.2) is 4.79 Å². The van der Waals surface area contributed by atoms with E-state index in [9.17, 15) is 9.59 Å². The van der Waals surface area contributed by atoms with Crippen LogP contribution < -0.4 is 4.74 Å². The lowest BCUT2D eigenvalue weighted by Gasteiger charge is -2.05. The van der Waals surface area contributed by atoms with Crippen molar-refractivity contribution in [1.29, 1.82) is 0 Å². The third-order valence-corrected chi connectivity index (χ3v) is 3.26. The minimum Gasteiger partial charge on any atom is -0.494 e. The summed E-state index contributed by atoms with van der Waals surface area (Å²) in [6.45, 7) is 4.11. The second-order valence-corrected chi connectivity index (χ2v) is 5.32. The molecule has 0 amide bonds. The summed E-state index contributed by atoms with van der Waals surface area (Å²) in [6, 6.07) is 7.21. The van der Waals surface area contributed by atoms with Crippen LogP contribution in [0.5, 0.6) is 5.75 Å². The summed E-state index contributed by atoms with van der Waals surface area (Å²) in [5.74, 6) is -0.0808. The van der Waals surface area contributed by atoms with Crippen LogP contribution in [0.2, 0.25) is 0 Å². The van der Waals surface area contributed by atoms with E-state index in [1.165, 1.54) is 6.92 Å². The predicted molar refractivity (Wildman–Crippen MR) is 81.0 cm³/mol. The van der Waals surface area contributed by atoms with Gasteiger partial charge in [0.05, 0.1) is 6.61 Å². The molecule has 1 aromatic rings. The van der Waals surface area contributed by atoms with Gasteiger partial charge in [-0.05, 0) is 30.2 Å². The highest BCUT2D eigenvalue weighted by Crippen LogP contribution is 2.17. The summed E-state index contributed by atoms with van der Waals surface area (Å²) >= 11 is 0.988. The highest BCUT2D eigenvalue weighted by atomic mass is 32.2. The Bertz CT molecular complexity index is 491. The second kappa shape index (κ2) is 8.43. The lowest BCUT2D eigenvalue weighted by molar-refractivity contribution is -0.132. The fourth-order valence-electron chi connectivity index (χ4n) is 1.43. The Balaban J connectivity index is 2.77. The van der Waals surface area contributed by atoms with Crippen LogP contribution in [0.25, 0.3) is 6.08 Å². The molecule has 0 spiro atoms. The Labute approximate surface area is 122 Å². The fraction of sp³-hybridized carbons (Fsp3) is 0.333. The molecule has 108 valence electrons. The first kappa shape index (κ1) is 16.3. The molecule has 1 aromatic carbocycles. The van der Waals surface area contributed by atoms with E-state index in [0.717, 1.165) is 29.5 Å². The van der Waals surface area contributed by atoms with Gasteiger partial charge in [0.2, 0.25) is 0 Å². The molecule has 20 heavy (non-hydrogen) atoms. The monoisotopic (exact) mass is 294 g/mol. The van der Waals surface area contributed by atoms with Crippen LogP contribution in [-0.2, 0) is 9.59 Å². The third-order valence-electron chi connectivity index (χ3n) is 2.40. The van der Waals surface area contributed by atoms with E-state index >= 15 is 0 Å². The lowest BCUT2D eigenvalue weighted by atomic mass is 10.1. The van der Waals surface area contributed by atoms with Crippen molar-refractivity contribution in [3.05, 3.63) is 35.4 Å². The predicted octanol–water partition coefficient (Wildman–Crippen LogP) is 3.22. The molecule has 0 saturated carbocycles. The molecule has 1 N–H and O–H groups in total. The number of hydrogen-bond donors (Lipinski definition) is 1. The van der Waals surface area contributed by atoms with Crippen LogP contribution in [0, 0.1) is 0 Å². The molecule has 0 radical (unpaired) electrons. The number of aliphatic carboxylic acids is 1. The van der Waals surface area contributed by atoms with E-state index in [1.807, 2.05) is 6.92 Å². The molecule has 5 heteroatoms. The van der Waals surface area contributed by atoms with Gasteiger partial charge >= 0.3 is 5.97 Å². The van der Waals surface area contributed by atoms with Crippen LogP contribution in [0.15, 0.2) is 29.8 Å². The molecule has 0 saturated heterocycles. The van der Waals surface area contributed by atoms with Gasteiger partial charge in [-0.3, -0.25) is 4.79 Å². The summed E-state index contributed by atoms with van der Waals surface area (Å²) in [5.41, 5.74) is 0.975. The average molecular weight is 294 g/mol. The number of carboxylic acid groups (broad SMARTS) is 1. The first-order chi connectivity index (χ1) is 9.52. The van der Waals surface area contributed by atoms with E-state index in [2.05, 4.69) is 0 Å². The van der Waals surface area contributed by atoms with Crippen molar-refractivity contribution in [3.63, 3.8) is 0 Å². The SMILES string of the molecule is CCCOc1ccc(/C=C(\CSC(C)=O)C(=O)O)cc1. The van der Waals surface area contributed by atoms with Crippen LogP contribution in [0.1, 0.15) is 25.8 Å². The minimum absolute atomic E-state index is 0.0968. The third kappa shape index (κ3) is 5.93. The van der Waals surface area contributed by atoms with Gasteiger partial charge in [-0.2, -0.15) is 0 Å². The Hall–Kier alpha value is -1.75. The summed E-state index contributed by atoms with van der Waals surface area (Å²) in [7, 11) is 0. The first-order valence-electron chi connectivity index (χ1n) is 6.33. The molecule has 0 aliphatic carbocycles. The summed E-state index contributed by atoms with van der Waals surface area (Å²) < 4.78 is 5.46. The lowest BCUT2D eigenvalue weighted by Crippen LogP contribution is -2.04. The molecule has 0 fully saturated rings. The van der Waals surface area contributed by atoms with Crippen molar-refractivity contribution >= 4 is 28.9 Å². The highest BCUT2D eigenvalue weighted by molar-refractivity contribution is 8.13. The van der Waals surface area contributed by atoms with Gasteiger partial charge in [-0.1, -0.05) is 30.8 Å². The van der Waals surface area contributed by atoms with Gasteiger partial charge < -0.3 is 9.84 Å². The molecule has 1 rings (SSSR count). The average Bonchev–Trinajstić information content (AvgIpc) is 2.42. The highest BCUT2D eigenvalue weighted by Gasteiger charge is 2.09. The van der Waals surface area contributed by atoms with Gasteiger partial charge in [0.15, 0.2) is 5.12 Å². The number of thioether (sulfide) groups is 1. The summed E-state index contributed by atoms with van der Waals surface area (Å²) in [6.07, 6.45) is 2.51. The zero-order chi connectivity index (χ0) is 15.0. The molecule has 0 aliphatic rings. The molecule has 4 nitrogen and oxygen atoms in total. The zero-order valence-electron chi connectivity index (χ0n) is 11.6. The van der Waals surface area contributed by atoms with Crippen molar-refractivity contribution in [2.24, 2.45) is 0 Å². The fourth-order valence-corrected chi connectivity index (χ4v) is 1.99. The first-order valence-corrected chi connectivity index (χ1v) is 7.31. The van der Waals surface area contributed by atoms with Crippen LogP contribution >= 0.6 is 11.8 Å². The molecule has 0 bridgehead atoms. The Morgan fingerprint density at radius 2 is 1.95 bits per heavy atom. The maximum atomic E-state index is 11.1. The number of carboxylic acids is 1. The Morgan fingerprint density at radius 1 is 1.30 bits per heavy atom. The summed E-state index contributed by atoms with van der Waals surface area (Å²) in [5, 5.41) is 9.00. The molecule has 0 aromatic heterocycles. The van der Waals surface area contributed by atoms with Gasteiger partial charge in [0.25, 0.3) is 0 Å². The zero-order valence-corrected chi connectivity index (χ0v) is 12.4. The van der Waals surface area contributed by atoms with Crippen LogP contribution in [0.4, 0.5) is 0 Å².